The normalized spacial score (nSPS) is 20.7. The minimum atomic E-state index is -1.77. The second kappa shape index (κ2) is 8.30. The van der Waals surface area contributed by atoms with E-state index in [0.29, 0.717) is 5.92 Å². The van der Waals surface area contributed by atoms with Gasteiger partial charge in [0.1, 0.15) is 8.07 Å². The SMILES string of the molecule is Cc1c2c(c(C(C)C)c3cc4c(cc13)[Si]1(CCCC1)c1cc3c(cc1-4)C=CC(C)(C)C=C3)C=CC(C)(C)C=C2. The average Bonchev–Trinajstić information content (AvgIpc) is 3.37. The van der Waals surface area contributed by atoms with Crippen molar-refractivity contribution in [2.75, 3.05) is 0 Å². The number of hydrogen-bond acceptors (Lipinski definition) is 0. The summed E-state index contributed by atoms with van der Waals surface area (Å²) in [6.07, 6.45) is 21.9. The highest BCUT2D eigenvalue weighted by Gasteiger charge is 2.48. The summed E-state index contributed by atoms with van der Waals surface area (Å²) in [6, 6.07) is 13.3. The van der Waals surface area contributed by atoms with E-state index in [9.17, 15) is 0 Å². The van der Waals surface area contributed by atoms with Gasteiger partial charge in [-0.15, -0.1) is 0 Å². The molecule has 1 heteroatoms. The molecule has 3 aromatic rings. The van der Waals surface area contributed by atoms with E-state index in [0.717, 1.165) is 0 Å². The molecule has 0 saturated carbocycles. The van der Waals surface area contributed by atoms with Crippen LogP contribution in [0.3, 0.4) is 0 Å². The highest BCUT2D eigenvalue weighted by molar-refractivity contribution is 7.06. The Balaban J connectivity index is 1.56. The van der Waals surface area contributed by atoms with Crippen LogP contribution in [0.1, 0.15) is 93.7 Å². The molecule has 2 heterocycles. The standard InChI is InChI=1S/C38H42Si/c1-24(2)36-29-13-17-38(6,7)16-12-28(29)25(3)30-23-35-32(22-33(30)36)31-20-26-10-14-37(4,5)15-11-27(26)21-34(31)39(35)18-8-9-19-39/h10-17,20-24H,8-9,18-19H2,1-7H3. The molecule has 1 fully saturated rings. The first kappa shape index (κ1) is 25.1. The van der Waals surface area contributed by atoms with Crippen LogP contribution in [0.15, 0.2) is 48.6 Å². The van der Waals surface area contributed by atoms with Crippen LogP contribution >= 0.6 is 0 Å². The van der Waals surface area contributed by atoms with Crippen molar-refractivity contribution in [1.29, 1.82) is 0 Å². The molecule has 2 aliphatic carbocycles. The van der Waals surface area contributed by atoms with Gasteiger partial charge in [0.25, 0.3) is 0 Å². The quantitative estimate of drug-likeness (QED) is 0.277. The van der Waals surface area contributed by atoms with Gasteiger partial charge in [0.2, 0.25) is 0 Å². The van der Waals surface area contributed by atoms with E-state index in [1.165, 1.54) is 74.6 Å². The van der Waals surface area contributed by atoms with E-state index in [-0.39, 0.29) is 10.8 Å². The molecule has 0 N–H and O–H groups in total. The van der Waals surface area contributed by atoms with E-state index in [1.54, 1.807) is 15.9 Å². The zero-order valence-corrected chi connectivity index (χ0v) is 25.8. The van der Waals surface area contributed by atoms with Crippen molar-refractivity contribution in [3.05, 3.63) is 82.0 Å². The summed E-state index contributed by atoms with van der Waals surface area (Å²) in [7, 11) is -1.77. The van der Waals surface area contributed by atoms with Gasteiger partial charge in [-0.1, -0.05) is 115 Å². The van der Waals surface area contributed by atoms with Gasteiger partial charge >= 0.3 is 0 Å². The predicted molar refractivity (Wildman–Crippen MR) is 176 cm³/mol. The fraction of sp³-hybridized carbons (Fsp3) is 0.368. The molecule has 1 saturated heterocycles. The molecule has 0 amide bonds. The first-order valence-corrected chi connectivity index (χ1v) is 17.5. The number of fused-ring (bicyclic) bond motifs is 8. The predicted octanol–water partition coefficient (Wildman–Crippen LogP) is 9.74. The highest BCUT2D eigenvalue weighted by atomic mass is 28.3. The van der Waals surface area contributed by atoms with Crippen molar-refractivity contribution in [3.8, 4) is 11.1 Å². The Kier molecular flexibility index (Phi) is 5.34. The summed E-state index contributed by atoms with van der Waals surface area (Å²) < 4.78 is 0. The van der Waals surface area contributed by atoms with Gasteiger partial charge in [-0.25, -0.2) is 0 Å². The van der Waals surface area contributed by atoms with Crippen LogP contribution in [0.25, 0.3) is 46.2 Å². The number of allylic oxidation sites excluding steroid dienone is 4. The first-order chi connectivity index (χ1) is 18.5. The molecule has 0 bridgehead atoms. The van der Waals surface area contributed by atoms with Crippen LogP contribution < -0.4 is 10.4 Å². The smallest absolute Gasteiger partial charge is 0.0745 e. The Labute approximate surface area is 236 Å². The Morgan fingerprint density at radius 2 is 1.18 bits per heavy atom. The topological polar surface area (TPSA) is 0 Å². The van der Waals surface area contributed by atoms with Gasteiger partial charge in [-0.05, 0) is 103 Å². The molecule has 0 radical (unpaired) electrons. The van der Waals surface area contributed by atoms with E-state index < -0.39 is 8.07 Å². The summed E-state index contributed by atoms with van der Waals surface area (Å²) >= 11 is 0. The van der Waals surface area contributed by atoms with Gasteiger partial charge in [0.05, 0.1) is 0 Å². The van der Waals surface area contributed by atoms with Crippen molar-refractivity contribution in [2.45, 2.75) is 79.3 Å². The molecule has 2 aliphatic heterocycles. The van der Waals surface area contributed by atoms with E-state index >= 15 is 0 Å². The van der Waals surface area contributed by atoms with Crippen molar-refractivity contribution in [1.82, 2.24) is 0 Å². The Bertz CT molecular complexity index is 1680. The molecule has 0 nitrogen and oxygen atoms in total. The summed E-state index contributed by atoms with van der Waals surface area (Å²) in [5.41, 5.74) is 11.9. The molecule has 1 spiro atoms. The maximum atomic E-state index is 2.69. The molecule has 0 unspecified atom stereocenters. The largest absolute Gasteiger partial charge is 0.119 e. The molecular weight excluding hydrogens is 485 g/mol. The van der Waals surface area contributed by atoms with Crippen LogP contribution in [0.5, 0.6) is 0 Å². The van der Waals surface area contributed by atoms with Crippen molar-refractivity contribution in [3.63, 3.8) is 0 Å². The third-order valence-electron chi connectivity index (χ3n) is 10.2. The second-order valence-corrected chi connectivity index (χ2v) is 18.5. The third kappa shape index (κ3) is 3.69. The van der Waals surface area contributed by atoms with E-state index in [1.807, 2.05) is 0 Å². The summed E-state index contributed by atoms with van der Waals surface area (Å²) in [4.78, 5) is 0. The fourth-order valence-electron chi connectivity index (χ4n) is 7.92. The lowest BCUT2D eigenvalue weighted by Gasteiger charge is -2.26. The third-order valence-corrected chi connectivity index (χ3v) is 15.5. The average molecular weight is 527 g/mol. The van der Waals surface area contributed by atoms with Crippen molar-refractivity contribution < 1.29 is 0 Å². The summed E-state index contributed by atoms with van der Waals surface area (Å²) in [6.45, 7) is 16.4. The molecule has 198 valence electrons. The summed E-state index contributed by atoms with van der Waals surface area (Å²) in [5.74, 6) is 0.458. The Morgan fingerprint density at radius 3 is 1.82 bits per heavy atom. The van der Waals surface area contributed by atoms with Gasteiger partial charge in [-0.2, -0.15) is 0 Å². The molecule has 0 aromatic heterocycles. The minimum absolute atomic E-state index is 0.0712. The maximum Gasteiger partial charge on any atom is 0.119 e. The van der Waals surface area contributed by atoms with Gasteiger partial charge < -0.3 is 0 Å². The monoisotopic (exact) mass is 526 g/mol. The molecule has 4 aliphatic rings. The van der Waals surface area contributed by atoms with E-state index in [4.69, 9.17) is 0 Å². The number of rotatable bonds is 1. The molecule has 3 aromatic carbocycles. The van der Waals surface area contributed by atoms with Crippen LogP contribution in [0, 0.1) is 17.8 Å². The van der Waals surface area contributed by atoms with Gasteiger partial charge in [-0.3, -0.25) is 0 Å². The zero-order chi connectivity index (χ0) is 27.3. The lowest BCUT2D eigenvalue weighted by molar-refractivity contribution is 0.633. The number of benzene rings is 3. The first-order valence-electron chi connectivity index (χ1n) is 15.1. The Hall–Kier alpha value is -2.90. The zero-order valence-electron chi connectivity index (χ0n) is 24.8. The number of aryl methyl sites for hydroxylation is 1. The highest BCUT2D eigenvalue weighted by Crippen LogP contribution is 2.45. The number of hydrogen-bond donors (Lipinski definition) is 0. The second-order valence-electron chi connectivity index (χ2n) is 14.3. The fourth-order valence-corrected chi connectivity index (χ4v) is 13.5. The van der Waals surface area contributed by atoms with Gasteiger partial charge in [0, 0.05) is 10.8 Å². The van der Waals surface area contributed by atoms with Crippen LogP contribution in [0.2, 0.25) is 12.1 Å². The van der Waals surface area contributed by atoms with Crippen LogP contribution in [0.4, 0.5) is 0 Å². The van der Waals surface area contributed by atoms with Crippen LogP contribution in [-0.2, 0) is 0 Å². The van der Waals surface area contributed by atoms with Gasteiger partial charge in [0.15, 0.2) is 0 Å². The molecule has 39 heavy (non-hydrogen) atoms. The van der Waals surface area contributed by atoms with E-state index in [2.05, 4.69) is 121 Å². The molecule has 7 rings (SSSR count). The molecule has 0 atom stereocenters. The van der Waals surface area contributed by atoms with Crippen molar-refractivity contribution >= 4 is 53.5 Å². The Morgan fingerprint density at radius 1 is 0.641 bits per heavy atom. The molecular formula is C38H42Si. The maximum absolute atomic E-state index is 2.69. The lowest BCUT2D eigenvalue weighted by atomic mass is 9.83. The lowest BCUT2D eigenvalue weighted by Crippen LogP contribution is -2.52. The summed E-state index contributed by atoms with van der Waals surface area (Å²) in [5, 5.41) is 6.40. The van der Waals surface area contributed by atoms with Crippen molar-refractivity contribution in [2.24, 2.45) is 10.8 Å². The minimum Gasteiger partial charge on any atom is -0.0745 e. The van der Waals surface area contributed by atoms with Crippen LogP contribution in [-0.4, -0.2) is 8.07 Å².